The van der Waals surface area contributed by atoms with Gasteiger partial charge in [0.1, 0.15) is 0 Å². The summed E-state index contributed by atoms with van der Waals surface area (Å²) in [5.74, 6) is 0. The maximum atomic E-state index is 12.3. The molecule has 0 atom stereocenters. The lowest BCUT2D eigenvalue weighted by Crippen LogP contribution is -2.21. The fourth-order valence-electron chi connectivity index (χ4n) is 3.26. The molecule has 4 nitrogen and oxygen atoms in total. The molecule has 2 aromatic rings. The van der Waals surface area contributed by atoms with Crippen molar-refractivity contribution in [3.63, 3.8) is 0 Å². The molecule has 1 aromatic heterocycles. The fourth-order valence-corrected chi connectivity index (χ4v) is 3.26. The van der Waals surface area contributed by atoms with Crippen molar-refractivity contribution in [1.82, 2.24) is 9.13 Å². The fraction of sp³-hybridized carbons (Fsp3) is 0.588. The quantitative estimate of drug-likeness (QED) is 0.807. The van der Waals surface area contributed by atoms with Crippen LogP contribution >= 0.6 is 0 Å². The lowest BCUT2D eigenvalue weighted by Gasteiger charge is -2.25. The van der Waals surface area contributed by atoms with E-state index >= 15 is 0 Å². The molecule has 2 heterocycles. The molecular formula is C17H25N3O. The lowest BCUT2D eigenvalue weighted by atomic mass is 9.86. The number of benzene rings is 1. The van der Waals surface area contributed by atoms with Crippen molar-refractivity contribution in [3.8, 4) is 0 Å². The van der Waals surface area contributed by atoms with Gasteiger partial charge in [-0.25, -0.2) is 4.79 Å². The van der Waals surface area contributed by atoms with Crippen LogP contribution < -0.4 is 10.6 Å². The smallest absolute Gasteiger partial charge is 0.328 e. The Hall–Kier alpha value is -1.71. The molecular weight excluding hydrogens is 262 g/mol. The van der Waals surface area contributed by atoms with Gasteiger partial charge in [0.25, 0.3) is 0 Å². The van der Waals surface area contributed by atoms with Crippen molar-refractivity contribution in [2.24, 2.45) is 14.1 Å². The SMILES string of the molecule is Cn1c(=O)n(C)c2c(N3CCCC3)cc(C(C)(C)C)cc21. The van der Waals surface area contributed by atoms with E-state index < -0.39 is 0 Å². The van der Waals surface area contributed by atoms with E-state index in [0.29, 0.717) is 0 Å². The monoisotopic (exact) mass is 287 g/mol. The third-order valence-electron chi connectivity index (χ3n) is 4.65. The van der Waals surface area contributed by atoms with Gasteiger partial charge in [-0.1, -0.05) is 20.8 Å². The normalized spacial score (nSPS) is 16.1. The van der Waals surface area contributed by atoms with Crippen LogP contribution in [0.25, 0.3) is 11.0 Å². The minimum absolute atomic E-state index is 0.0523. The molecule has 1 aromatic carbocycles. The molecule has 0 spiro atoms. The molecule has 21 heavy (non-hydrogen) atoms. The second-order valence-electron chi connectivity index (χ2n) is 7.21. The Bertz CT molecular complexity index is 740. The highest BCUT2D eigenvalue weighted by molar-refractivity contribution is 5.91. The Kier molecular flexibility index (Phi) is 3.15. The molecule has 4 heteroatoms. The summed E-state index contributed by atoms with van der Waals surface area (Å²) < 4.78 is 3.56. The maximum absolute atomic E-state index is 12.3. The lowest BCUT2D eigenvalue weighted by molar-refractivity contribution is 0.590. The van der Waals surface area contributed by atoms with Crippen LogP contribution in [0.15, 0.2) is 16.9 Å². The van der Waals surface area contributed by atoms with Crippen molar-refractivity contribution in [3.05, 3.63) is 28.2 Å². The largest absolute Gasteiger partial charge is 0.370 e. The highest BCUT2D eigenvalue weighted by Gasteiger charge is 2.23. The van der Waals surface area contributed by atoms with Crippen LogP contribution in [0, 0.1) is 0 Å². The van der Waals surface area contributed by atoms with Crippen LogP contribution in [0.3, 0.4) is 0 Å². The highest BCUT2D eigenvalue weighted by atomic mass is 16.1. The van der Waals surface area contributed by atoms with Gasteiger partial charge < -0.3 is 4.90 Å². The number of nitrogens with zero attached hydrogens (tertiary/aromatic N) is 3. The van der Waals surface area contributed by atoms with E-state index in [1.54, 1.807) is 9.13 Å². The van der Waals surface area contributed by atoms with Gasteiger partial charge in [0.2, 0.25) is 0 Å². The van der Waals surface area contributed by atoms with Crippen LogP contribution in [0.4, 0.5) is 5.69 Å². The Morgan fingerprint density at radius 1 is 1.00 bits per heavy atom. The van der Waals surface area contributed by atoms with Crippen molar-refractivity contribution < 1.29 is 0 Å². The molecule has 1 fully saturated rings. The van der Waals surface area contributed by atoms with Gasteiger partial charge in [0.15, 0.2) is 0 Å². The number of aromatic nitrogens is 2. The zero-order valence-electron chi connectivity index (χ0n) is 13.7. The van der Waals surface area contributed by atoms with E-state index in [2.05, 4.69) is 37.8 Å². The number of rotatable bonds is 1. The first-order chi connectivity index (χ1) is 9.80. The molecule has 114 valence electrons. The Balaban J connectivity index is 2.36. The number of hydrogen-bond acceptors (Lipinski definition) is 2. The summed E-state index contributed by atoms with van der Waals surface area (Å²) in [6.45, 7) is 8.85. The zero-order chi connectivity index (χ0) is 15.4. The van der Waals surface area contributed by atoms with Crippen molar-refractivity contribution in [2.45, 2.75) is 39.0 Å². The molecule has 0 bridgehead atoms. The zero-order valence-corrected chi connectivity index (χ0v) is 13.7. The van der Waals surface area contributed by atoms with Crippen LogP contribution in [0.2, 0.25) is 0 Å². The standard InChI is InChI=1S/C17H25N3O/c1-17(2,3)12-10-13-15(19(5)16(21)18(13)4)14(11-12)20-8-6-7-9-20/h10-11H,6-9H2,1-5H3. The average Bonchev–Trinajstić information content (AvgIpc) is 3.02. The molecule has 1 aliphatic heterocycles. The summed E-state index contributed by atoms with van der Waals surface area (Å²) in [7, 11) is 3.74. The number of imidazole rings is 1. The Morgan fingerprint density at radius 2 is 1.62 bits per heavy atom. The van der Waals surface area contributed by atoms with E-state index in [1.807, 2.05) is 14.1 Å². The molecule has 0 aliphatic carbocycles. The number of aryl methyl sites for hydroxylation is 2. The average molecular weight is 287 g/mol. The third kappa shape index (κ3) is 2.17. The minimum atomic E-state index is 0.0523. The minimum Gasteiger partial charge on any atom is -0.370 e. The Morgan fingerprint density at radius 3 is 2.19 bits per heavy atom. The van der Waals surface area contributed by atoms with Gasteiger partial charge in [0.05, 0.1) is 16.7 Å². The first-order valence-corrected chi connectivity index (χ1v) is 7.75. The van der Waals surface area contributed by atoms with Gasteiger partial charge in [-0.3, -0.25) is 9.13 Å². The second kappa shape index (κ2) is 4.65. The highest BCUT2D eigenvalue weighted by Crippen LogP contribution is 2.34. The maximum Gasteiger partial charge on any atom is 0.328 e. The summed E-state index contributed by atoms with van der Waals surface area (Å²) in [6.07, 6.45) is 2.48. The summed E-state index contributed by atoms with van der Waals surface area (Å²) >= 11 is 0. The summed E-state index contributed by atoms with van der Waals surface area (Å²) in [5.41, 5.74) is 4.74. The first kappa shape index (κ1) is 14.2. The van der Waals surface area contributed by atoms with E-state index in [9.17, 15) is 4.79 Å². The number of hydrogen-bond donors (Lipinski definition) is 0. The molecule has 0 saturated carbocycles. The Labute approximate surface area is 126 Å². The van der Waals surface area contributed by atoms with Crippen LogP contribution in [-0.4, -0.2) is 22.2 Å². The van der Waals surface area contributed by atoms with Crippen LogP contribution in [0.1, 0.15) is 39.2 Å². The van der Waals surface area contributed by atoms with Gasteiger partial charge in [0, 0.05) is 27.2 Å². The topological polar surface area (TPSA) is 30.2 Å². The summed E-state index contributed by atoms with van der Waals surface area (Å²) in [4.78, 5) is 14.8. The second-order valence-corrected chi connectivity index (χ2v) is 7.21. The molecule has 1 aliphatic rings. The molecule has 3 rings (SSSR count). The van der Waals surface area contributed by atoms with Gasteiger partial charge in [-0.2, -0.15) is 0 Å². The van der Waals surface area contributed by atoms with Gasteiger partial charge in [-0.15, -0.1) is 0 Å². The predicted molar refractivity (Wildman–Crippen MR) is 88.3 cm³/mol. The van der Waals surface area contributed by atoms with Gasteiger partial charge in [-0.05, 0) is 36.0 Å². The van der Waals surface area contributed by atoms with Crippen LogP contribution in [0.5, 0.6) is 0 Å². The van der Waals surface area contributed by atoms with Gasteiger partial charge >= 0.3 is 5.69 Å². The van der Waals surface area contributed by atoms with Crippen molar-refractivity contribution >= 4 is 16.7 Å². The van der Waals surface area contributed by atoms with Crippen molar-refractivity contribution in [2.75, 3.05) is 18.0 Å². The van der Waals surface area contributed by atoms with E-state index in [0.717, 1.165) is 24.1 Å². The summed E-state index contributed by atoms with van der Waals surface area (Å²) in [5, 5.41) is 0. The van der Waals surface area contributed by atoms with E-state index in [-0.39, 0.29) is 11.1 Å². The van der Waals surface area contributed by atoms with Crippen LogP contribution in [-0.2, 0) is 19.5 Å². The summed E-state index contributed by atoms with van der Waals surface area (Å²) in [6, 6.07) is 4.46. The molecule has 1 saturated heterocycles. The van der Waals surface area contributed by atoms with Crippen molar-refractivity contribution in [1.29, 1.82) is 0 Å². The first-order valence-electron chi connectivity index (χ1n) is 7.75. The molecule has 0 amide bonds. The molecule has 0 N–H and O–H groups in total. The number of anilines is 1. The number of fused-ring (bicyclic) bond motifs is 1. The van der Waals surface area contributed by atoms with E-state index in [1.165, 1.54) is 24.1 Å². The van der Waals surface area contributed by atoms with E-state index in [4.69, 9.17) is 0 Å². The third-order valence-corrected chi connectivity index (χ3v) is 4.65. The predicted octanol–water partition coefficient (Wildman–Crippen LogP) is 2.77. The molecule has 0 radical (unpaired) electrons. The molecule has 0 unspecified atom stereocenters.